The Morgan fingerprint density at radius 3 is 2.75 bits per heavy atom. The number of benzene rings is 2. The van der Waals surface area contributed by atoms with E-state index in [2.05, 4.69) is 30.9 Å². The number of β-amino-alcohol motifs (C(OH)–C–C–N with tert-alkyl or cyclic N) is 1. The van der Waals surface area contributed by atoms with Crippen LogP contribution in [0.2, 0.25) is 0 Å². The first-order valence-corrected chi connectivity index (χ1v) is 9.99. The number of hydrogen-bond acceptors (Lipinski definition) is 5. The Labute approximate surface area is 178 Å². The molecule has 2 aliphatic heterocycles. The summed E-state index contributed by atoms with van der Waals surface area (Å²) in [6, 6.07) is 12.5. The summed E-state index contributed by atoms with van der Waals surface area (Å²) in [6.45, 7) is 5.25. The number of nitrogens with zero attached hydrogens (tertiary/aromatic N) is 3. The molecule has 2 aliphatic rings. The Morgan fingerprint density at radius 2 is 2.00 bits per heavy atom. The third-order valence-electron chi connectivity index (χ3n) is 5.43. The number of rotatable bonds is 3. The van der Waals surface area contributed by atoms with Gasteiger partial charge in [-0.25, -0.2) is 9.48 Å². The second-order valence-electron chi connectivity index (χ2n) is 7.07. The molecule has 1 atom stereocenters. The molecule has 148 valence electrons. The second kappa shape index (κ2) is 7.85. The first kappa shape index (κ1) is 20.8. The number of non-ortho nitro benzene ring substituents is 1. The monoisotopic (exact) mass is 463 g/mol. The summed E-state index contributed by atoms with van der Waals surface area (Å²) in [7, 11) is 0. The predicted molar refractivity (Wildman–Crippen MR) is 107 cm³/mol. The molecular formula is C20H22BrN3O3S. The van der Waals surface area contributed by atoms with Gasteiger partial charge in [0, 0.05) is 23.4 Å². The summed E-state index contributed by atoms with van der Waals surface area (Å²) < 4.78 is 2.00. The molecule has 1 unspecified atom stereocenters. The van der Waals surface area contributed by atoms with Crippen molar-refractivity contribution in [2.45, 2.75) is 26.0 Å². The van der Waals surface area contributed by atoms with Crippen LogP contribution in [0.25, 0.3) is 0 Å². The van der Waals surface area contributed by atoms with E-state index in [9.17, 15) is 15.2 Å². The van der Waals surface area contributed by atoms with Crippen molar-refractivity contribution in [1.29, 1.82) is 0 Å². The lowest BCUT2D eigenvalue weighted by atomic mass is 10.0. The van der Waals surface area contributed by atoms with Crippen molar-refractivity contribution in [1.82, 2.24) is 0 Å². The van der Waals surface area contributed by atoms with Crippen molar-refractivity contribution in [2.24, 2.45) is 0 Å². The van der Waals surface area contributed by atoms with E-state index in [1.54, 1.807) is 23.9 Å². The Morgan fingerprint density at radius 1 is 1.25 bits per heavy atom. The molecule has 4 rings (SSSR count). The summed E-state index contributed by atoms with van der Waals surface area (Å²) in [6.07, 6.45) is 0.964. The molecule has 0 aliphatic carbocycles. The number of aliphatic hydroxyl groups is 1. The molecule has 6 nitrogen and oxygen atoms in total. The Balaban J connectivity index is 0.00000225. The number of thioether (sulfide) groups is 1. The number of halogens is 1. The minimum Gasteiger partial charge on any atom is -1.00 e. The van der Waals surface area contributed by atoms with E-state index in [0.29, 0.717) is 12.1 Å². The summed E-state index contributed by atoms with van der Waals surface area (Å²) in [5.74, 6) is 0.998. The number of hydrogen-bond donors (Lipinski definition) is 1. The van der Waals surface area contributed by atoms with Crippen LogP contribution in [-0.2, 0) is 5.72 Å². The smallest absolute Gasteiger partial charge is 0.316 e. The predicted octanol–water partition coefficient (Wildman–Crippen LogP) is 0.386. The van der Waals surface area contributed by atoms with Crippen molar-refractivity contribution < 1.29 is 31.6 Å². The average molecular weight is 464 g/mol. The molecule has 1 N–H and O–H groups in total. The third kappa shape index (κ3) is 3.33. The lowest BCUT2D eigenvalue weighted by Crippen LogP contribution is -3.00. The van der Waals surface area contributed by atoms with Crippen molar-refractivity contribution in [3.63, 3.8) is 0 Å². The molecule has 0 amide bonds. The highest BCUT2D eigenvalue weighted by atomic mass is 79.9. The molecule has 28 heavy (non-hydrogen) atoms. The maximum Gasteiger partial charge on any atom is 0.316 e. The number of amidine groups is 1. The molecule has 0 spiro atoms. The van der Waals surface area contributed by atoms with Crippen molar-refractivity contribution in [3.8, 4) is 0 Å². The first-order valence-electron chi connectivity index (χ1n) is 9.00. The van der Waals surface area contributed by atoms with E-state index in [4.69, 9.17) is 0 Å². The van der Waals surface area contributed by atoms with Gasteiger partial charge in [-0.2, -0.15) is 0 Å². The van der Waals surface area contributed by atoms with Crippen molar-refractivity contribution in [2.75, 3.05) is 23.7 Å². The van der Waals surface area contributed by atoms with E-state index >= 15 is 0 Å². The molecule has 2 heterocycles. The van der Waals surface area contributed by atoms with E-state index in [1.807, 2.05) is 10.6 Å². The van der Waals surface area contributed by atoms with Crippen LogP contribution in [0.1, 0.15) is 23.1 Å². The van der Waals surface area contributed by atoms with Gasteiger partial charge in [0.1, 0.15) is 5.69 Å². The summed E-state index contributed by atoms with van der Waals surface area (Å²) in [4.78, 5) is 13.0. The van der Waals surface area contributed by atoms with Crippen LogP contribution in [0, 0.1) is 24.0 Å². The van der Waals surface area contributed by atoms with Crippen LogP contribution in [0.3, 0.4) is 0 Å². The highest BCUT2D eigenvalue weighted by molar-refractivity contribution is 8.13. The topological polar surface area (TPSA) is 69.6 Å². The number of nitro groups is 1. The van der Waals surface area contributed by atoms with Crippen LogP contribution in [0.15, 0.2) is 42.5 Å². The van der Waals surface area contributed by atoms with Crippen molar-refractivity contribution in [3.05, 3.63) is 69.3 Å². The summed E-state index contributed by atoms with van der Waals surface area (Å²) in [5, 5.41) is 23.9. The van der Waals surface area contributed by atoms with Crippen LogP contribution in [-0.4, -0.2) is 38.6 Å². The van der Waals surface area contributed by atoms with Crippen LogP contribution in [0.5, 0.6) is 0 Å². The highest BCUT2D eigenvalue weighted by Crippen LogP contribution is 2.39. The van der Waals surface area contributed by atoms with Crippen LogP contribution >= 0.6 is 11.8 Å². The van der Waals surface area contributed by atoms with Gasteiger partial charge >= 0.3 is 5.17 Å². The SMILES string of the molecule is Cc1cccc(N2CC(O)(c3cccc([N+](=O)[O-])c3)[N+]3=C2SCCC3)c1C.[Br-]. The Hall–Kier alpha value is -1.90. The van der Waals surface area contributed by atoms with Gasteiger partial charge < -0.3 is 22.1 Å². The van der Waals surface area contributed by atoms with Crippen LogP contribution in [0.4, 0.5) is 11.4 Å². The van der Waals surface area contributed by atoms with Gasteiger partial charge in [0.15, 0.2) is 6.54 Å². The minimum atomic E-state index is -1.29. The molecule has 0 saturated heterocycles. The lowest BCUT2D eigenvalue weighted by molar-refractivity contribution is -0.656. The van der Waals surface area contributed by atoms with Gasteiger partial charge in [-0.05, 0) is 49.2 Å². The lowest BCUT2D eigenvalue weighted by Gasteiger charge is -2.24. The second-order valence-corrected chi connectivity index (χ2v) is 8.13. The van der Waals surface area contributed by atoms with E-state index in [1.165, 1.54) is 23.3 Å². The molecule has 0 fully saturated rings. The Kier molecular flexibility index (Phi) is 5.84. The molecule has 2 aromatic carbocycles. The van der Waals surface area contributed by atoms with Gasteiger partial charge in [0.2, 0.25) is 0 Å². The minimum absolute atomic E-state index is 0. The number of anilines is 1. The zero-order chi connectivity index (χ0) is 19.2. The van der Waals surface area contributed by atoms with Gasteiger partial charge in [-0.15, -0.1) is 0 Å². The maximum absolute atomic E-state index is 11.7. The van der Waals surface area contributed by atoms with E-state index < -0.39 is 10.6 Å². The maximum atomic E-state index is 11.7. The number of nitro benzene ring substituents is 1. The zero-order valence-electron chi connectivity index (χ0n) is 15.8. The molecule has 0 bridgehead atoms. The van der Waals surface area contributed by atoms with Gasteiger partial charge in [0.05, 0.1) is 11.5 Å². The quantitative estimate of drug-likeness (QED) is 0.405. The van der Waals surface area contributed by atoms with Gasteiger partial charge in [0.25, 0.3) is 11.4 Å². The molecule has 0 saturated carbocycles. The third-order valence-corrected chi connectivity index (χ3v) is 6.62. The van der Waals surface area contributed by atoms with Crippen LogP contribution < -0.4 is 21.9 Å². The molecule has 0 radical (unpaired) electrons. The molecule has 2 aromatic rings. The van der Waals surface area contributed by atoms with Gasteiger partial charge in [-0.1, -0.05) is 24.3 Å². The average Bonchev–Trinajstić information content (AvgIpc) is 2.98. The largest absolute Gasteiger partial charge is 1.00 e. The standard InChI is InChI=1S/C20H22N3O3S.BrH/c1-14-6-3-9-18(15(14)2)21-13-20(24,22-10-5-11-27-19(21)22)16-7-4-8-17(12-16)23(25)26;/h3-4,6-9,12,24H,5,10-11,13H2,1-2H3;1H/q+1;/p-1. The van der Waals surface area contributed by atoms with Crippen molar-refractivity contribution >= 4 is 28.3 Å². The van der Waals surface area contributed by atoms with Gasteiger partial charge in [-0.3, -0.25) is 10.1 Å². The molecule has 0 aromatic heterocycles. The van der Waals surface area contributed by atoms with E-state index in [0.717, 1.165) is 29.6 Å². The molecule has 8 heteroatoms. The fourth-order valence-electron chi connectivity index (χ4n) is 3.83. The Bertz CT molecular complexity index is 965. The zero-order valence-corrected chi connectivity index (χ0v) is 18.2. The first-order chi connectivity index (χ1) is 12.9. The fraction of sp³-hybridized carbons (Fsp3) is 0.350. The number of aryl methyl sites for hydroxylation is 1. The molecular weight excluding hydrogens is 442 g/mol. The summed E-state index contributed by atoms with van der Waals surface area (Å²) >= 11 is 1.73. The fourth-order valence-corrected chi connectivity index (χ4v) is 5.00. The highest BCUT2D eigenvalue weighted by Gasteiger charge is 2.53. The summed E-state index contributed by atoms with van der Waals surface area (Å²) in [5.41, 5.74) is 2.73. The normalized spacial score (nSPS) is 21.3. The van der Waals surface area contributed by atoms with E-state index in [-0.39, 0.29) is 22.7 Å².